The summed E-state index contributed by atoms with van der Waals surface area (Å²) in [4.78, 5) is 10.8. The van der Waals surface area contributed by atoms with Gasteiger partial charge in [-0.25, -0.2) is 9.97 Å². The van der Waals surface area contributed by atoms with Crippen LogP contribution in [0.25, 0.3) is 33.5 Å². The van der Waals surface area contributed by atoms with Crippen LogP contribution < -0.4 is 0 Å². The van der Waals surface area contributed by atoms with Crippen molar-refractivity contribution in [3.63, 3.8) is 0 Å². The van der Waals surface area contributed by atoms with Crippen LogP contribution in [0.5, 0.6) is 0 Å². The molecule has 0 amide bonds. The molecule has 1 aromatic heterocycles. The molecule has 1 heterocycles. The van der Waals surface area contributed by atoms with Crippen molar-refractivity contribution in [3.8, 4) is 22.5 Å². The van der Waals surface area contributed by atoms with E-state index in [0.29, 0.717) is 0 Å². The van der Waals surface area contributed by atoms with E-state index in [1.54, 1.807) is 0 Å². The highest BCUT2D eigenvalue weighted by atomic mass is 15.4. The van der Waals surface area contributed by atoms with Crippen LogP contribution in [0.15, 0.2) is 48.5 Å². The molecule has 42 heavy (non-hydrogen) atoms. The fourth-order valence-electron chi connectivity index (χ4n) is 6.49. The lowest BCUT2D eigenvalue weighted by molar-refractivity contribution is -0.939. The van der Waals surface area contributed by atoms with Gasteiger partial charge in [-0.05, 0) is 104 Å². The molecular weight excluding hydrogens is 512 g/mol. The first-order valence-corrected chi connectivity index (χ1v) is 16.3. The van der Waals surface area contributed by atoms with E-state index in [0.717, 1.165) is 89.3 Å². The van der Waals surface area contributed by atoms with E-state index < -0.39 is 0 Å². The first kappa shape index (κ1) is 31.8. The Morgan fingerprint density at radius 1 is 0.452 bits per heavy atom. The van der Waals surface area contributed by atoms with Gasteiger partial charge in [0.25, 0.3) is 0 Å². The van der Waals surface area contributed by atoms with Crippen molar-refractivity contribution in [1.82, 2.24) is 9.97 Å². The molecule has 0 bridgehead atoms. The lowest BCUT2D eigenvalue weighted by Crippen LogP contribution is -2.48. The topological polar surface area (TPSA) is 25.8 Å². The van der Waals surface area contributed by atoms with Crippen LogP contribution in [-0.4, -0.2) is 58.2 Å². The zero-order valence-electron chi connectivity index (χ0n) is 28.1. The van der Waals surface area contributed by atoms with E-state index in [1.807, 2.05) is 0 Å². The van der Waals surface area contributed by atoms with Gasteiger partial charge >= 0.3 is 0 Å². The van der Waals surface area contributed by atoms with Crippen LogP contribution in [0.3, 0.4) is 0 Å². The van der Waals surface area contributed by atoms with E-state index in [1.165, 1.54) is 38.9 Å². The summed E-state index contributed by atoms with van der Waals surface area (Å²) in [6, 6.07) is 18.2. The minimum atomic E-state index is 0.973. The Kier molecular flexibility index (Phi) is 9.90. The number of fused-ring (bicyclic) bond motifs is 1. The molecule has 4 nitrogen and oxygen atoms in total. The Balaban J connectivity index is 2.00. The first-order chi connectivity index (χ1) is 20.1. The van der Waals surface area contributed by atoms with Gasteiger partial charge in [0.2, 0.25) is 0 Å². The van der Waals surface area contributed by atoms with E-state index in [4.69, 9.17) is 9.97 Å². The molecule has 0 N–H and O–H groups in total. The molecule has 0 radical (unpaired) electrons. The molecule has 0 spiro atoms. The number of aromatic nitrogens is 2. The summed E-state index contributed by atoms with van der Waals surface area (Å²) >= 11 is 0. The zero-order valence-corrected chi connectivity index (χ0v) is 28.1. The second-order valence-electron chi connectivity index (χ2n) is 12.5. The Hall–Kier alpha value is -3.08. The van der Waals surface area contributed by atoms with Crippen molar-refractivity contribution in [2.45, 2.75) is 82.3 Å². The van der Waals surface area contributed by atoms with Crippen molar-refractivity contribution < 1.29 is 8.97 Å². The van der Waals surface area contributed by atoms with Gasteiger partial charge in [0.05, 0.1) is 61.7 Å². The smallest absolute Gasteiger partial charge is 0.105 e. The highest BCUT2D eigenvalue weighted by Gasteiger charge is 2.28. The summed E-state index contributed by atoms with van der Waals surface area (Å²) in [6.45, 7) is 31.7. The summed E-state index contributed by atoms with van der Waals surface area (Å²) in [6.07, 6.45) is 0. The first-order valence-electron chi connectivity index (χ1n) is 16.3. The molecule has 0 atom stereocenters. The van der Waals surface area contributed by atoms with Crippen molar-refractivity contribution in [1.29, 1.82) is 0 Å². The van der Waals surface area contributed by atoms with Crippen molar-refractivity contribution in [3.05, 3.63) is 81.9 Å². The third-order valence-corrected chi connectivity index (χ3v) is 10.5. The van der Waals surface area contributed by atoms with Gasteiger partial charge in [0.1, 0.15) is 13.1 Å². The van der Waals surface area contributed by atoms with Gasteiger partial charge in [-0.3, -0.25) is 0 Å². The fraction of sp³-hybridized carbons (Fsp3) is 0.474. The number of quaternary nitrogens is 2. The highest BCUT2D eigenvalue weighted by molar-refractivity contribution is 5.89. The van der Waals surface area contributed by atoms with Crippen LogP contribution in [-0.2, 0) is 13.1 Å². The van der Waals surface area contributed by atoms with Gasteiger partial charge in [-0.15, -0.1) is 0 Å². The molecule has 4 heteroatoms. The van der Waals surface area contributed by atoms with Crippen molar-refractivity contribution >= 4 is 11.0 Å². The molecular formula is C38H54N4+2. The Labute approximate surface area is 255 Å². The van der Waals surface area contributed by atoms with Crippen molar-refractivity contribution in [2.24, 2.45) is 0 Å². The Morgan fingerprint density at radius 3 is 1.31 bits per heavy atom. The maximum absolute atomic E-state index is 5.41. The van der Waals surface area contributed by atoms with Crippen LogP contribution in [0.1, 0.15) is 74.9 Å². The van der Waals surface area contributed by atoms with E-state index in [9.17, 15) is 0 Å². The zero-order chi connectivity index (χ0) is 30.7. The fourth-order valence-corrected chi connectivity index (χ4v) is 6.49. The molecule has 224 valence electrons. The third kappa shape index (κ3) is 6.16. The van der Waals surface area contributed by atoms with Crippen LogP contribution >= 0.6 is 0 Å². The van der Waals surface area contributed by atoms with Crippen LogP contribution in [0.4, 0.5) is 0 Å². The summed E-state index contributed by atoms with van der Waals surface area (Å²) in [7, 11) is 0. The van der Waals surface area contributed by atoms with Gasteiger partial charge < -0.3 is 8.97 Å². The molecule has 0 aliphatic rings. The van der Waals surface area contributed by atoms with E-state index in [-0.39, 0.29) is 0 Å². The van der Waals surface area contributed by atoms with Gasteiger partial charge in [-0.2, -0.15) is 0 Å². The quantitative estimate of drug-likeness (QED) is 0.160. The third-order valence-electron chi connectivity index (χ3n) is 10.5. The minimum absolute atomic E-state index is 0.973. The molecule has 0 saturated heterocycles. The summed E-state index contributed by atoms with van der Waals surface area (Å²) < 4.78 is 2.20. The summed E-state index contributed by atoms with van der Waals surface area (Å²) in [5, 5.41) is 0. The number of nitrogens with zero attached hydrogens (tertiary/aromatic N) is 4. The molecule has 4 aromatic rings. The highest BCUT2D eigenvalue weighted by Crippen LogP contribution is 2.35. The predicted octanol–water partition coefficient (Wildman–Crippen LogP) is 8.95. The number of benzene rings is 3. The predicted molar refractivity (Wildman–Crippen MR) is 181 cm³/mol. The number of aryl methyl sites for hydroxylation is 4. The number of hydrogen-bond acceptors (Lipinski definition) is 2. The maximum Gasteiger partial charge on any atom is 0.105 e. The Bertz CT molecular complexity index is 1530. The van der Waals surface area contributed by atoms with Crippen LogP contribution in [0, 0.1) is 27.7 Å². The van der Waals surface area contributed by atoms with Gasteiger partial charge in [0.15, 0.2) is 0 Å². The largest absolute Gasteiger partial charge is 0.321 e. The van der Waals surface area contributed by atoms with Crippen LogP contribution in [0.2, 0.25) is 0 Å². The van der Waals surface area contributed by atoms with E-state index in [2.05, 4.69) is 118 Å². The second kappa shape index (κ2) is 13.1. The SMILES string of the molecule is CC[N+](CC)(CC)Cc1ccc(-c2nc3c(C)ccc(C)c3nc2-c2ccc(C)c(C)c2)cc1C[N+](CC)(CC)CC. The molecule has 0 saturated carbocycles. The standard InChI is InChI=1S/C38H54N4/c1-11-41(12-2,13-3)25-33-22-21-32(24-34(33)26-42(14-4,15-5)16-6)38-37(31-20-19-27(7)30(10)23-31)39-35-28(8)17-18-29(9)36(35)40-38/h17-24H,11-16,25-26H2,1-10H3/q+2. The lowest BCUT2D eigenvalue weighted by Gasteiger charge is -2.39. The minimum Gasteiger partial charge on any atom is -0.321 e. The normalized spacial score (nSPS) is 12.3. The summed E-state index contributed by atoms with van der Waals surface area (Å²) in [5.74, 6) is 0. The Morgan fingerprint density at radius 2 is 0.857 bits per heavy atom. The number of hydrogen-bond donors (Lipinski definition) is 0. The molecule has 0 fully saturated rings. The molecule has 4 rings (SSSR count). The second-order valence-corrected chi connectivity index (χ2v) is 12.5. The van der Waals surface area contributed by atoms with Gasteiger partial charge in [-0.1, -0.05) is 36.4 Å². The lowest BCUT2D eigenvalue weighted by atomic mass is 9.95. The molecule has 0 aliphatic carbocycles. The average Bonchev–Trinajstić information content (AvgIpc) is 3.02. The molecule has 0 aliphatic heterocycles. The summed E-state index contributed by atoms with van der Waals surface area (Å²) in [5.41, 5.74) is 14.1. The van der Waals surface area contributed by atoms with Gasteiger partial charge in [0, 0.05) is 22.3 Å². The van der Waals surface area contributed by atoms with E-state index >= 15 is 0 Å². The monoisotopic (exact) mass is 566 g/mol. The number of rotatable bonds is 12. The van der Waals surface area contributed by atoms with Crippen molar-refractivity contribution in [2.75, 3.05) is 39.3 Å². The average molecular weight is 567 g/mol. The molecule has 0 unspecified atom stereocenters. The maximum atomic E-state index is 5.41. The molecule has 3 aromatic carbocycles.